The van der Waals surface area contributed by atoms with Crippen LogP contribution in [0.1, 0.15) is 39.2 Å². The van der Waals surface area contributed by atoms with E-state index in [-0.39, 0.29) is 17.8 Å². The summed E-state index contributed by atoms with van der Waals surface area (Å²) in [7, 11) is 2.10. The third-order valence-corrected chi connectivity index (χ3v) is 5.75. The zero-order valence-corrected chi connectivity index (χ0v) is 17.8. The summed E-state index contributed by atoms with van der Waals surface area (Å²) in [6.07, 6.45) is 1.32. The summed E-state index contributed by atoms with van der Waals surface area (Å²) in [5.74, 6) is 0.532. The van der Waals surface area contributed by atoms with E-state index < -0.39 is 0 Å². The van der Waals surface area contributed by atoms with Gasteiger partial charge in [-0.1, -0.05) is 19.0 Å². The van der Waals surface area contributed by atoms with Crippen molar-refractivity contribution in [1.29, 1.82) is 0 Å². The molecular weight excluding hydrogens is 371 g/mol. The SMILES string of the molecule is CCC(=O)N(Cc1c(-c2ccc(F)cc2)noc1N1CCN(C)CC1)[C@@H](C)CC. The molecule has 1 aromatic heterocycles. The Morgan fingerprint density at radius 2 is 1.86 bits per heavy atom. The highest BCUT2D eigenvalue weighted by atomic mass is 19.1. The van der Waals surface area contributed by atoms with Gasteiger partial charge in [0.25, 0.3) is 0 Å². The highest BCUT2D eigenvalue weighted by molar-refractivity contribution is 5.77. The van der Waals surface area contributed by atoms with E-state index in [4.69, 9.17) is 4.52 Å². The van der Waals surface area contributed by atoms with Crippen molar-refractivity contribution in [3.8, 4) is 11.3 Å². The van der Waals surface area contributed by atoms with Gasteiger partial charge in [-0.15, -0.1) is 0 Å². The molecule has 0 saturated carbocycles. The zero-order chi connectivity index (χ0) is 21.0. The van der Waals surface area contributed by atoms with Gasteiger partial charge in [0.05, 0.1) is 12.1 Å². The predicted molar refractivity (Wildman–Crippen MR) is 112 cm³/mol. The first-order valence-corrected chi connectivity index (χ1v) is 10.4. The fourth-order valence-corrected chi connectivity index (χ4v) is 3.62. The largest absolute Gasteiger partial charge is 0.338 e. The summed E-state index contributed by atoms with van der Waals surface area (Å²) >= 11 is 0. The smallest absolute Gasteiger partial charge is 0.232 e. The van der Waals surface area contributed by atoms with Crippen molar-refractivity contribution in [1.82, 2.24) is 15.0 Å². The molecule has 7 heteroatoms. The van der Waals surface area contributed by atoms with Gasteiger partial charge >= 0.3 is 0 Å². The van der Waals surface area contributed by atoms with Gasteiger partial charge in [-0.25, -0.2) is 4.39 Å². The minimum atomic E-state index is -0.291. The second-order valence-electron chi connectivity index (χ2n) is 7.74. The molecule has 1 atom stereocenters. The molecule has 1 fully saturated rings. The zero-order valence-electron chi connectivity index (χ0n) is 17.8. The van der Waals surface area contributed by atoms with Crippen molar-refractivity contribution >= 4 is 11.8 Å². The average Bonchev–Trinajstić information content (AvgIpc) is 3.15. The van der Waals surface area contributed by atoms with Crippen molar-refractivity contribution in [2.75, 3.05) is 38.1 Å². The lowest BCUT2D eigenvalue weighted by Gasteiger charge is -2.33. The first kappa shape index (κ1) is 21.3. The monoisotopic (exact) mass is 402 g/mol. The lowest BCUT2D eigenvalue weighted by molar-refractivity contribution is -0.133. The van der Waals surface area contributed by atoms with Crippen LogP contribution in [0.2, 0.25) is 0 Å². The number of carbonyl (C=O) groups excluding carboxylic acids is 1. The molecule has 6 nitrogen and oxygen atoms in total. The molecule has 2 heterocycles. The summed E-state index contributed by atoms with van der Waals surface area (Å²) in [6, 6.07) is 6.37. The molecular formula is C22H31FN4O2. The first-order valence-electron chi connectivity index (χ1n) is 10.4. The molecule has 0 unspecified atom stereocenters. The Hall–Kier alpha value is -2.41. The van der Waals surface area contributed by atoms with Crippen LogP contribution in [-0.4, -0.2) is 60.1 Å². The molecule has 1 aliphatic heterocycles. The van der Waals surface area contributed by atoms with E-state index in [0.717, 1.165) is 49.6 Å². The Labute approximate surface area is 172 Å². The van der Waals surface area contributed by atoms with Crippen LogP contribution in [0.4, 0.5) is 10.3 Å². The number of amides is 1. The van der Waals surface area contributed by atoms with E-state index in [1.807, 2.05) is 11.8 Å². The van der Waals surface area contributed by atoms with Crippen LogP contribution >= 0.6 is 0 Å². The topological polar surface area (TPSA) is 52.8 Å². The van der Waals surface area contributed by atoms with E-state index in [0.29, 0.717) is 18.7 Å². The number of nitrogens with zero attached hydrogens (tertiary/aromatic N) is 4. The molecule has 0 aliphatic carbocycles. The van der Waals surface area contributed by atoms with Crippen molar-refractivity contribution in [3.05, 3.63) is 35.6 Å². The Balaban J connectivity index is 2.01. The van der Waals surface area contributed by atoms with Crippen LogP contribution in [0.15, 0.2) is 28.8 Å². The number of piperazine rings is 1. The number of aromatic nitrogens is 1. The molecule has 1 aromatic carbocycles. The maximum absolute atomic E-state index is 13.4. The van der Waals surface area contributed by atoms with Gasteiger partial charge in [-0.05, 0) is 44.7 Å². The van der Waals surface area contributed by atoms with Crippen molar-refractivity contribution in [3.63, 3.8) is 0 Å². The molecule has 2 aromatic rings. The van der Waals surface area contributed by atoms with Gasteiger partial charge in [0, 0.05) is 44.2 Å². The average molecular weight is 403 g/mol. The normalized spacial score (nSPS) is 16.1. The van der Waals surface area contributed by atoms with E-state index in [1.54, 1.807) is 12.1 Å². The number of anilines is 1. The van der Waals surface area contributed by atoms with Crippen molar-refractivity contribution < 1.29 is 13.7 Å². The van der Waals surface area contributed by atoms with Crippen molar-refractivity contribution in [2.45, 2.75) is 46.2 Å². The van der Waals surface area contributed by atoms with Crippen LogP contribution < -0.4 is 4.90 Å². The molecule has 1 aliphatic rings. The number of carbonyl (C=O) groups is 1. The summed E-state index contributed by atoms with van der Waals surface area (Å²) in [5, 5.41) is 4.34. The highest BCUT2D eigenvalue weighted by Crippen LogP contribution is 2.34. The molecule has 29 heavy (non-hydrogen) atoms. The Bertz CT molecular complexity index is 813. The van der Waals surface area contributed by atoms with E-state index in [1.165, 1.54) is 12.1 Å². The lowest BCUT2D eigenvalue weighted by atomic mass is 10.0. The number of benzene rings is 1. The maximum Gasteiger partial charge on any atom is 0.232 e. The molecule has 0 spiro atoms. The summed E-state index contributed by atoms with van der Waals surface area (Å²) < 4.78 is 19.2. The molecule has 158 valence electrons. The van der Waals surface area contributed by atoms with Gasteiger partial charge in [0.1, 0.15) is 11.5 Å². The number of halogens is 1. The highest BCUT2D eigenvalue weighted by Gasteiger charge is 2.28. The number of hydrogen-bond donors (Lipinski definition) is 0. The second-order valence-corrected chi connectivity index (χ2v) is 7.74. The van der Waals surface area contributed by atoms with Gasteiger partial charge in [-0.3, -0.25) is 4.79 Å². The Kier molecular flexibility index (Phi) is 6.90. The fraction of sp³-hybridized carbons (Fsp3) is 0.545. The van der Waals surface area contributed by atoms with E-state index in [9.17, 15) is 9.18 Å². The summed E-state index contributed by atoms with van der Waals surface area (Å²) in [6.45, 7) is 10.0. The molecule has 1 amide bonds. The standard InChI is InChI=1S/C22H31FN4O2/c1-5-16(3)27(20(28)6-2)15-19-21(17-7-9-18(23)10-8-17)24-29-22(19)26-13-11-25(4)12-14-26/h7-10,16H,5-6,11-15H2,1-4H3/t16-/m0/s1. The van der Waals surface area contributed by atoms with Crippen LogP contribution in [-0.2, 0) is 11.3 Å². The van der Waals surface area contributed by atoms with Crippen LogP contribution in [0.25, 0.3) is 11.3 Å². The van der Waals surface area contributed by atoms with Crippen LogP contribution in [0.3, 0.4) is 0 Å². The third-order valence-electron chi connectivity index (χ3n) is 5.75. The minimum Gasteiger partial charge on any atom is -0.338 e. The van der Waals surface area contributed by atoms with Crippen LogP contribution in [0.5, 0.6) is 0 Å². The van der Waals surface area contributed by atoms with E-state index >= 15 is 0 Å². The van der Waals surface area contributed by atoms with E-state index in [2.05, 4.69) is 35.9 Å². The molecule has 0 radical (unpaired) electrons. The van der Waals surface area contributed by atoms with Crippen LogP contribution in [0, 0.1) is 5.82 Å². The number of rotatable bonds is 7. The lowest BCUT2D eigenvalue weighted by Crippen LogP contribution is -2.45. The minimum absolute atomic E-state index is 0.106. The summed E-state index contributed by atoms with van der Waals surface area (Å²) in [4.78, 5) is 19.0. The Morgan fingerprint density at radius 1 is 1.21 bits per heavy atom. The van der Waals surface area contributed by atoms with Gasteiger partial charge in [0.2, 0.25) is 11.8 Å². The predicted octanol–water partition coefficient (Wildman–Crippen LogP) is 3.77. The third kappa shape index (κ3) is 4.78. The quantitative estimate of drug-likeness (QED) is 0.706. The van der Waals surface area contributed by atoms with Gasteiger partial charge in [0.15, 0.2) is 0 Å². The fourth-order valence-electron chi connectivity index (χ4n) is 3.62. The van der Waals surface area contributed by atoms with Gasteiger partial charge in [-0.2, -0.15) is 0 Å². The van der Waals surface area contributed by atoms with Crippen molar-refractivity contribution in [2.24, 2.45) is 0 Å². The first-order chi connectivity index (χ1) is 13.9. The number of hydrogen-bond acceptors (Lipinski definition) is 5. The molecule has 0 bridgehead atoms. The Morgan fingerprint density at radius 3 is 2.45 bits per heavy atom. The maximum atomic E-state index is 13.4. The molecule has 0 N–H and O–H groups in total. The number of likely N-dealkylation sites (N-methyl/N-ethyl adjacent to an activating group) is 1. The molecule has 1 saturated heterocycles. The van der Waals surface area contributed by atoms with Gasteiger partial charge < -0.3 is 19.2 Å². The summed E-state index contributed by atoms with van der Waals surface area (Å²) in [5.41, 5.74) is 2.36. The second kappa shape index (κ2) is 9.39. The molecule has 3 rings (SSSR count).